The van der Waals surface area contributed by atoms with Gasteiger partial charge in [0.05, 0.1) is 12.2 Å². The summed E-state index contributed by atoms with van der Waals surface area (Å²) in [4.78, 5) is 23.5. The summed E-state index contributed by atoms with van der Waals surface area (Å²) < 4.78 is 15.3. The first-order chi connectivity index (χ1) is 9.56. The number of Topliss-reactive ketones (excluding diaryl/α,β-unsaturated/α-hetero) is 1. The lowest BCUT2D eigenvalue weighted by Crippen LogP contribution is -2.15. The van der Waals surface area contributed by atoms with Crippen molar-refractivity contribution >= 4 is 11.8 Å². The number of esters is 1. The van der Waals surface area contributed by atoms with Crippen molar-refractivity contribution in [2.45, 2.75) is 39.1 Å². The third-order valence-electron chi connectivity index (χ3n) is 3.66. The van der Waals surface area contributed by atoms with Gasteiger partial charge < -0.3 is 13.9 Å². The van der Waals surface area contributed by atoms with Crippen LogP contribution in [0, 0.1) is 12.8 Å². The van der Waals surface area contributed by atoms with E-state index in [-0.39, 0.29) is 30.1 Å². The lowest BCUT2D eigenvalue weighted by atomic mass is 9.99. The SMILES string of the molecule is C/C(=C\CC[C@@H]1C(=O)O[C@H]2O[C@H]21)C(=O)c1cc(C)co1. The third kappa shape index (κ3) is 2.41. The van der Waals surface area contributed by atoms with Crippen molar-refractivity contribution in [1.82, 2.24) is 0 Å². The molecule has 0 spiro atoms. The number of allylic oxidation sites excluding steroid dienone is 2. The zero-order valence-electron chi connectivity index (χ0n) is 11.4. The summed E-state index contributed by atoms with van der Waals surface area (Å²) in [5.41, 5.74) is 1.55. The van der Waals surface area contributed by atoms with Gasteiger partial charge in [-0.1, -0.05) is 6.08 Å². The summed E-state index contributed by atoms with van der Waals surface area (Å²) in [5.74, 6) is -0.148. The van der Waals surface area contributed by atoms with Gasteiger partial charge in [0, 0.05) is 0 Å². The average Bonchev–Trinajstić information content (AvgIpc) is 2.90. The minimum absolute atomic E-state index is 0.0698. The van der Waals surface area contributed by atoms with Crippen molar-refractivity contribution < 1.29 is 23.5 Å². The second kappa shape index (κ2) is 4.90. The Hall–Kier alpha value is -1.88. The first kappa shape index (κ1) is 13.1. The predicted octanol–water partition coefficient (Wildman–Crippen LogP) is 2.40. The summed E-state index contributed by atoms with van der Waals surface area (Å²) in [5, 5.41) is 0. The van der Waals surface area contributed by atoms with Gasteiger partial charge in [0.15, 0.2) is 5.76 Å². The van der Waals surface area contributed by atoms with E-state index in [2.05, 4.69) is 0 Å². The molecule has 3 atom stereocenters. The Kier molecular flexibility index (Phi) is 3.22. The molecule has 0 aromatic carbocycles. The van der Waals surface area contributed by atoms with Crippen LogP contribution in [0.15, 0.2) is 28.4 Å². The van der Waals surface area contributed by atoms with Crippen LogP contribution in [0.3, 0.4) is 0 Å². The molecule has 0 aliphatic carbocycles. The maximum absolute atomic E-state index is 12.0. The van der Waals surface area contributed by atoms with E-state index in [1.54, 1.807) is 19.3 Å². The topological polar surface area (TPSA) is 69.0 Å². The van der Waals surface area contributed by atoms with E-state index in [1.165, 1.54) is 0 Å². The molecule has 3 heterocycles. The molecule has 2 fully saturated rings. The third-order valence-corrected chi connectivity index (χ3v) is 3.66. The zero-order valence-corrected chi connectivity index (χ0v) is 11.4. The highest BCUT2D eigenvalue weighted by atomic mass is 16.8. The molecule has 3 rings (SSSR count). The number of ketones is 1. The monoisotopic (exact) mass is 276 g/mol. The number of epoxide rings is 1. The van der Waals surface area contributed by atoms with Crippen LogP contribution in [0.25, 0.3) is 0 Å². The minimum atomic E-state index is -0.315. The van der Waals surface area contributed by atoms with Crippen LogP contribution >= 0.6 is 0 Å². The van der Waals surface area contributed by atoms with E-state index in [4.69, 9.17) is 13.9 Å². The average molecular weight is 276 g/mol. The van der Waals surface area contributed by atoms with Crippen LogP contribution in [-0.2, 0) is 14.3 Å². The van der Waals surface area contributed by atoms with Gasteiger partial charge in [-0.05, 0) is 43.9 Å². The van der Waals surface area contributed by atoms with Gasteiger partial charge in [-0.3, -0.25) is 9.59 Å². The number of hydrogen-bond donors (Lipinski definition) is 0. The van der Waals surface area contributed by atoms with Gasteiger partial charge in [-0.25, -0.2) is 0 Å². The number of ether oxygens (including phenoxy) is 2. The highest BCUT2D eigenvalue weighted by Crippen LogP contribution is 2.40. The second-order valence-corrected chi connectivity index (χ2v) is 5.29. The Bertz CT molecular complexity index is 583. The molecule has 2 aliphatic rings. The Morgan fingerprint density at radius 2 is 2.25 bits per heavy atom. The Balaban J connectivity index is 1.56. The molecule has 1 aromatic rings. The van der Waals surface area contributed by atoms with Gasteiger partial charge in [0.25, 0.3) is 0 Å². The number of carbonyl (C=O) groups is 2. The van der Waals surface area contributed by atoms with Crippen LogP contribution in [0.2, 0.25) is 0 Å². The van der Waals surface area contributed by atoms with E-state index in [9.17, 15) is 9.59 Å². The molecule has 5 heteroatoms. The van der Waals surface area contributed by atoms with E-state index in [1.807, 2.05) is 13.0 Å². The molecule has 0 bridgehead atoms. The molecule has 1 aromatic heterocycles. The molecule has 2 aliphatic heterocycles. The lowest BCUT2D eigenvalue weighted by Gasteiger charge is -2.05. The maximum Gasteiger partial charge on any atom is 0.314 e. The summed E-state index contributed by atoms with van der Waals surface area (Å²) in [7, 11) is 0. The van der Waals surface area contributed by atoms with Gasteiger partial charge in [-0.15, -0.1) is 0 Å². The number of furan rings is 1. The molecule has 2 saturated heterocycles. The summed E-state index contributed by atoms with van der Waals surface area (Å²) >= 11 is 0. The van der Waals surface area contributed by atoms with Crippen molar-refractivity contribution in [2.24, 2.45) is 5.92 Å². The molecule has 0 saturated carbocycles. The number of carbonyl (C=O) groups excluding carboxylic acids is 2. The van der Waals surface area contributed by atoms with Crippen molar-refractivity contribution in [1.29, 1.82) is 0 Å². The standard InChI is InChI=1S/C15H16O5/c1-8-6-11(18-7-8)12(16)9(2)4-3-5-10-13-15(19-13)20-14(10)17/h4,6-7,10,13,15H,3,5H2,1-2H3/b9-4+/t10-,13-,15+/m0/s1. The fraction of sp³-hybridized carbons (Fsp3) is 0.467. The Morgan fingerprint density at radius 3 is 2.85 bits per heavy atom. The van der Waals surface area contributed by atoms with Crippen LogP contribution in [0.1, 0.15) is 35.9 Å². The van der Waals surface area contributed by atoms with Crippen LogP contribution < -0.4 is 0 Å². The maximum atomic E-state index is 12.0. The zero-order chi connectivity index (χ0) is 14.3. The quantitative estimate of drug-likeness (QED) is 0.357. The Morgan fingerprint density at radius 1 is 1.45 bits per heavy atom. The molecule has 0 unspecified atom stereocenters. The van der Waals surface area contributed by atoms with Crippen molar-refractivity contribution in [3.63, 3.8) is 0 Å². The highest BCUT2D eigenvalue weighted by molar-refractivity contribution is 6.06. The predicted molar refractivity (Wildman–Crippen MR) is 69.0 cm³/mol. The van der Waals surface area contributed by atoms with Crippen molar-refractivity contribution in [2.75, 3.05) is 0 Å². The smallest absolute Gasteiger partial charge is 0.314 e. The van der Waals surface area contributed by atoms with Crippen LogP contribution in [-0.4, -0.2) is 24.1 Å². The van der Waals surface area contributed by atoms with E-state index in [0.717, 1.165) is 5.56 Å². The van der Waals surface area contributed by atoms with Crippen LogP contribution in [0.5, 0.6) is 0 Å². The highest BCUT2D eigenvalue weighted by Gasteiger charge is 2.57. The van der Waals surface area contributed by atoms with Gasteiger partial charge in [0.2, 0.25) is 12.1 Å². The number of fused-ring (bicyclic) bond motifs is 1. The molecule has 5 nitrogen and oxygen atoms in total. The van der Waals surface area contributed by atoms with Crippen LogP contribution in [0.4, 0.5) is 0 Å². The summed E-state index contributed by atoms with van der Waals surface area (Å²) in [6.07, 6.45) is 4.29. The van der Waals surface area contributed by atoms with E-state index < -0.39 is 0 Å². The number of hydrogen-bond acceptors (Lipinski definition) is 5. The van der Waals surface area contributed by atoms with E-state index in [0.29, 0.717) is 24.2 Å². The molecule has 0 radical (unpaired) electrons. The number of aryl methyl sites for hydroxylation is 1. The minimum Gasteiger partial charge on any atom is -0.461 e. The first-order valence-corrected chi connectivity index (χ1v) is 6.69. The van der Waals surface area contributed by atoms with Gasteiger partial charge in [0.1, 0.15) is 6.10 Å². The molecule has 106 valence electrons. The number of rotatable bonds is 5. The summed E-state index contributed by atoms with van der Waals surface area (Å²) in [6, 6.07) is 1.72. The van der Waals surface area contributed by atoms with Crippen molar-refractivity contribution in [3.05, 3.63) is 35.3 Å². The van der Waals surface area contributed by atoms with Gasteiger partial charge in [-0.2, -0.15) is 0 Å². The van der Waals surface area contributed by atoms with E-state index >= 15 is 0 Å². The molecule has 0 N–H and O–H groups in total. The lowest BCUT2D eigenvalue weighted by molar-refractivity contribution is -0.151. The molecule has 20 heavy (non-hydrogen) atoms. The largest absolute Gasteiger partial charge is 0.461 e. The van der Waals surface area contributed by atoms with Gasteiger partial charge >= 0.3 is 5.97 Å². The normalized spacial score (nSPS) is 28.2. The molecular weight excluding hydrogens is 260 g/mol. The Labute approximate surface area is 116 Å². The summed E-state index contributed by atoms with van der Waals surface area (Å²) in [6.45, 7) is 3.63. The first-order valence-electron chi connectivity index (χ1n) is 6.69. The fourth-order valence-electron chi connectivity index (χ4n) is 2.42. The van der Waals surface area contributed by atoms with Crippen molar-refractivity contribution in [3.8, 4) is 0 Å². The molecule has 0 amide bonds. The fourth-order valence-corrected chi connectivity index (χ4v) is 2.42. The second-order valence-electron chi connectivity index (χ2n) is 5.29. The molecular formula is C15H16O5.